The first-order valence-corrected chi connectivity index (χ1v) is 8.10. The lowest BCUT2D eigenvalue weighted by Gasteiger charge is -2.28. The minimum Gasteiger partial charge on any atom is -0.396 e. The van der Waals surface area contributed by atoms with Crippen LogP contribution < -0.4 is 5.32 Å². The number of hydrogen-bond acceptors (Lipinski definition) is 2. The zero-order valence-corrected chi connectivity index (χ0v) is 13.3. The Kier molecular flexibility index (Phi) is 8.56. The molecule has 0 radical (unpaired) electrons. The Morgan fingerprint density at radius 3 is 2.30 bits per heavy atom. The molecule has 1 aromatic carbocycles. The van der Waals surface area contributed by atoms with Crippen molar-refractivity contribution < 1.29 is 5.11 Å². The molecule has 0 heterocycles. The lowest BCUT2D eigenvalue weighted by Crippen LogP contribution is -2.37. The number of hydrogen-bond donors (Lipinski definition) is 2. The van der Waals surface area contributed by atoms with Crippen molar-refractivity contribution in [2.75, 3.05) is 6.61 Å². The molecule has 0 aliphatic heterocycles. The molecular weight excluding hydrogens is 246 g/mol. The fraction of sp³-hybridized carbons (Fsp3) is 0.667. The normalized spacial score (nSPS) is 14.4. The lowest BCUT2D eigenvalue weighted by atomic mass is 9.95. The lowest BCUT2D eigenvalue weighted by molar-refractivity contribution is 0.232. The topological polar surface area (TPSA) is 32.3 Å². The van der Waals surface area contributed by atoms with Gasteiger partial charge in [-0.25, -0.2) is 0 Å². The third-order valence-corrected chi connectivity index (χ3v) is 3.96. The number of rotatable bonds is 10. The Morgan fingerprint density at radius 1 is 1.05 bits per heavy atom. The standard InChI is InChI=1S/C18H31NO/c1-4-5-7-12-18(16-10-8-6-9-11-16)19-17(13-14-20)15(2)3/h6,8-11,15,17-20H,4-5,7,12-14H2,1-3H3. The average molecular weight is 277 g/mol. The molecule has 2 unspecified atom stereocenters. The largest absolute Gasteiger partial charge is 0.396 e. The Hall–Kier alpha value is -0.860. The summed E-state index contributed by atoms with van der Waals surface area (Å²) in [6, 6.07) is 11.5. The molecule has 0 fully saturated rings. The molecule has 0 bridgehead atoms. The van der Waals surface area contributed by atoms with Crippen LogP contribution in [0.5, 0.6) is 0 Å². The van der Waals surface area contributed by atoms with Crippen molar-refractivity contribution in [1.82, 2.24) is 5.32 Å². The number of unbranched alkanes of at least 4 members (excludes halogenated alkanes) is 2. The van der Waals surface area contributed by atoms with Crippen LogP contribution in [0.3, 0.4) is 0 Å². The summed E-state index contributed by atoms with van der Waals surface area (Å²) in [6.45, 7) is 6.95. The summed E-state index contributed by atoms with van der Waals surface area (Å²) < 4.78 is 0. The van der Waals surface area contributed by atoms with Crippen LogP contribution in [0.25, 0.3) is 0 Å². The number of aliphatic hydroxyl groups excluding tert-OH is 1. The van der Waals surface area contributed by atoms with Crippen LogP contribution in [0.1, 0.15) is 64.5 Å². The SMILES string of the molecule is CCCCCC(NC(CCO)C(C)C)c1ccccc1. The number of nitrogens with one attached hydrogen (secondary N) is 1. The molecule has 114 valence electrons. The maximum absolute atomic E-state index is 9.24. The van der Waals surface area contributed by atoms with E-state index in [2.05, 4.69) is 56.4 Å². The highest BCUT2D eigenvalue weighted by molar-refractivity contribution is 5.19. The molecule has 2 heteroatoms. The second-order valence-corrected chi connectivity index (χ2v) is 5.99. The van der Waals surface area contributed by atoms with Crippen molar-refractivity contribution in [3.63, 3.8) is 0 Å². The quantitative estimate of drug-likeness (QED) is 0.625. The van der Waals surface area contributed by atoms with Gasteiger partial charge >= 0.3 is 0 Å². The minimum atomic E-state index is 0.256. The predicted octanol–water partition coefficient (Wildman–Crippen LogP) is 4.30. The third kappa shape index (κ3) is 6.06. The van der Waals surface area contributed by atoms with E-state index in [1.165, 1.54) is 31.2 Å². The molecule has 2 nitrogen and oxygen atoms in total. The first-order chi connectivity index (χ1) is 9.69. The van der Waals surface area contributed by atoms with E-state index >= 15 is 0 Å². The van der Waals surface area contributed by atoms with Crippen LogP contribution in [0, 0.1) is 5.92 Å². The van der Waals surface area contributed by atoms with E-state index in [0.717, 1.165) is 6.42 Å². The van der Waals surface area contributed by atoms with Crippen molar-refractivity contribution in [2.45, 2.75) is 65.0 Å². The fourth-order valence-electron chi connectivity index (χ4n) is 2.64. The third-order valence-electron chi connectivity index (χ3n) is 3.96. The molecule has 0 saturated carbocycles. The summed E-state index contributed by atoms with van der Waals surface area (Å²) in [5.74, 6) is 0.541. The first-order valence-electron chi connectivity index (χ1n) is 8.10. The summed E-state index contributed by atoms with van der Waals surface area (Å²) in [6.07, 6.45) is 5.80. The summed E-state index contributed by atoms with van der Waals surface area (Å²) >= 11 is 0. The first kappa shape index (κ1) is 17.2. The van der Waals surface area contributed by atoms with Gasteiger partial charge in [0.25, 0.3) is 0 Å². The highest BCUT2D eigenvalue weighted by Crippen LogP contribution is 2.22. The minimum absolute atomic E-state index is 0.256. The van der Waals surface area contributed by atoms with Crippen molar-refractivity contribution in [3.05, 3.63) is 35.9 Å². The second-order valence-electron chi connectivity index (χ2n) is 5.99. The Labute approximate surface area is 124 Å². The van der Waals surface area contributed by atoms with Crippen LogP contribution in [0.2, 0.25) is 0 Å². The van der Waals surface area contributed by atoms with Crippen molar-refractivity contribution >= 4 is 0 Å². The van der Waals surface area contributed by atoms with E-state index in [1.54, 1.807) is 0 Å². The van der Waals surface area contributed by atoms with Gasteiger partial charge in [0.05, 0.1) is 0 Å². The van der Waals surface area contributed by atoms with E-state index in [9.17, 15) is 5.11 Å². The zero-order chi connectivity index (χ0) is 14.8. The zero-order valence-electron chi connectivity index (χ0n) is 13.3. The van der Waals surface area contributed by atoms with Crippen molar-refractivity contribution in [1.29, 1.82) is 0 Å². The van der Waals surface area contributed by atoms with E-state index in [4.69, 9.17) is 0 Å². The summed E-state index contributed by atoms with van der Waals surface area (Å²) in [5.41, 5.74) is 1.37. The van der Waals surface area contributed by atoms with E-state index < -0.39 is 0 Å². The van der Waals surface area contributed by atoms with Crippen molar-refractivity contribution in [3.8, 4) is 0 Å². The van der Waals surface area contributed by atoms with Gasteiger partial charge in [0, 0.05) is 18.7 Å². The maximum Gasteiger partial charge on any atom is 0.0445 e. The van der Waals surface area contributed by atoms with Gasteiger partial charge in [0.15, 0.2) is 0 Å². The molecule has 2 atom stereocenters. The highest BCUT2D eigenvalue weighted by atomic mass is 16.3. The van der Waals surface area contributed by atoms with Crippen LogP contribution in [-0.2, 0) is 0 Å². The van der Waals surface area contributed by atoms with Gasteiger partial charge in [-0.3, -0.25) is 0 Å². The van der Waals surface area contributed by atoms with Crippen LogP contribution >= 0.6 is 0 Å². The van der Waals surface area contributed by atoms with Gasteiger partial charge in [-0.1, -0.05) is 70.4 Å². The molecule has 1 rings (SSSR count). The molecular formula is C18H31NO. The van der Waals surface area contributed by atoms with E-state index in [-0.39, 0.29) is 6.61 Å². The molecule has 0 aromatic heterocycles. The van der Waals surface area contributed by atoms with E-state index in [1.807, 2.05) is 0 Å². The summed E-state index contributed by atoms with van der Waals surface area (Å²) in [5, 5.41) is 13.0. The second kappa shape index (κ2) is 9.95. The Balaban J connectivity index is 2.70. The van der Waals surface area contributed by atoms with Crippen LogP contribution in [0.15, 0.2) is 30.3 Å². The van der Waals surface area contributed by atoms with Gasteiger partial charge in [-0.05, 0) is 24.3 Å². The molecule has 0 amide bonds. The Morgan fingerprint density at radius 2 is 1.75 bits per heavy atom. The van der Waals surface area contributed by atoms with Gasteiger partial charge in [0.2, 0.25) is 0 Å². The van der Waals surface area contributed by atoms with Gasteiger partial charge in [0.1, 0.15) is 0 Å². The van der Waals surface area contributed by atoms with Gasteiger partial charge in [-0.15, -0.1) is 0 Å². The molecule has 2 N–H and O–H groups in total. The maximum atomic E-state index is 9.24. The van der Waals surface area contributed by atoms with Crippen LogP contribution in [-0.4, -0.2) is 17.8 Å². The molecule has 1 aromatic rings. The van der Waals surface area contributed by atoms with Crippen LogP contribution in [0.4, 0.5) is 0 Å². The fourth-order valence-corrected chi connectivity index (χ4v) is 2.64. The van der Waals surface area contributed by atoms with E-state index in [0.29, 0.717) is 18.0 Å². The van der Waals surface area contributed by atoms with Gasteiger partial charge < -0.3 is 10.4 Å². The molecule has 0 saturated heterocycles. The predicted molar refractivity (Wildman–Crippen MR) is 86.8 cm³/mol. The molecule has 0 aliphatic rings. The number of benzene rings is 1. The summed E-state index contributed by atoms with van der Waals surface area (Å²) in [7, 11) is 0. The number of aliphatic hydroxyl groups is 1. The highest BCUT2D eigenvalue weighted by Gasteiger charge is 2.18. The molecule has 20 heavy (non-hydrogen) atoms. The summed E-state index contributed by atoms with van der Waals surface area (Å²) in [4.78, 5) is 0. The Bertz CT molecular complexity index is 337. The van der Waals surface area contributed by atoms with Gasteiger partial charge in [-0.2, -0.15) is 0 Å². The monoisotopic (exact) mass is 277 g/mol. The molecule has 0 spiro atoms. The molecule has 0 aliphatic carbocycles. The van der Waals surface area contributed by atoms with Crippen molar-refractivity contribution in [2.24, 2.45) is 5.92 Å². The smallest absolute Gasteiger partial charge is 0.0445 e. The average Bonchev–Trinajstić information content (AvgIpc) is 2.46.